The van der Waals surface area contributed by atoms with Crippen molar-refractivity contribution < 1.29 is 27.8 Å². The number of nitriles is 1. The molecule has 0 spiro atoms. The van der Waals surface area contributed by atoms with E-state index < -0.39 is 34.4 Å². The van der Waals surface area contributed by atoms with Gasteiger partial charge in [0.2, 0.25) is 0 Å². The van der Waals surface area contributed by atoms with E-state index in [9.17, 15) is 33.1 Å². The van der Waals surface area contributed by atoms with Crippen molar-refractivity contribution in [1.29, 1.82) is 5.26 Å². The smallest absolute Gasteiger partial charge is 0.417 e. The molecule has 2 heterocycles. The van der Waals surface area contributed by atoms with Crippen molar-refractivity contribution in [3.63, 3.8) is 0 Å². The molecule has 0 amide bonds. The van der Waals surface area contributed by atoms with Crippen molar-refractivity contribution >= 4 is 28.5 Å². The number of halogens is 4. The summed E-state index contributed by atoms with van der Waals surface area (Å²) in [6, 6.07) is 18.1. The predicted octanol–water partition coefficient (Wildman–Crippen LogP) is 7.06. The van der Waals surface area contributed by atoms with Crippen LogP contribution in [0.15, 0.2) is 71.5 Å². The largest absolute Gasteiger partial charge is 0.491 e. The summed E-state index contributed by atoms with van der Waals surface area (Å²) in [5.74, 6) is -0.623. The van der Waals surface area contributed by atoms with Gasteiger partial charge < -0.3 is 9.84 Å². The normalized spacial score (nSPS) is 11.4. The van der Waals surface area contributed by atoms with Gasteiger partial charge >= 0.3 is 12.1 Å². The molecule has 0 aliphatic carbocycles. The van der Waals surface area contributed by atoms with Crippen LogP contribution in [0, 0.1) is 25.2 Å². The first-order chi connectivity index (χ1) is 20.9. The highest BCUT2D eigenvalue weighted by Gasteiger charge is 2.37. The summed E-state index contributed by atoms with van der Waals surface area (Å²) in [4.78, 5) is 33.7. The third kappa shape index (κ3) is 5.85. The number of nitrogens with zero attached hydrogens (tertiary/aromatic N) is 4. The number of fused-ring (bicyclic) bond motifs is 1. The Morgan fingerprint density at radius 3 is 2.50 bits per heavy atom. The van der Waals surface area contributed by atoms with Crippen LogP contribution >= 0.6 is 11.6 Å². The first-order valence-electron chi connectivity index (χ1n) is 13.1. The molecule has 1 N–H and O–H groups in total. The fraction of sp³-hybridized carbons (Fsp3) is 0.156. The molecule has 3 aromatic carbocycles. The summed E-state index contributed by atoms with van der Waals surface area (Å²) >= 11 is 6.20. The highest BCUT2D eigenvalue weighted by atomic mass is 35.5. The van der Waals surface area contributed by atoms with E-state index in [-0.39, 0.29) is 41.1 Å². The van der Waals surface area contributed by atoms with Crippen LogP contribution in [0.3, 0.4) is 0 Å². The van der Waals surface area contributed by atoms with Gasteiger partial charge in [-0.2, -0.15) is 18.4 Å². The number of pyridine rings is 1. The summed E-state index contributed by atoms with van der Waals surface area (Å²) in [7, 11) is 0. The molecule has 0 bridgehead atoms. The van der Waals surface area contributed by atoms with Gasteiger partial charge in [0.15, 0.2) is 0 Å². The number of benzene rings is 3. The zero-order chi connectivity index (χ0) is 31.8. The van der Waals surface area contributed by atoms with E-state index in [2.05, 4.69) is 9.97 Å². The number of aryl methyl sites for hydroxylation is 2. The van der Waals surface area contributed by atoms with Gasteiger partial charge in [-0.25, -0.2) is 9.78 Å². The van der Waals surface area contributed by atoms with Gasteiger partial charge in [0.05, 0.1) is 39.8 Å². The summed E-state index contributed by atoms with van der Waals surface area (Å²) in [6.07, 6.45) is -4.85. The lowest BCUT2D eigenvalue weighted by atomic mass is 9.94. The van der Waals surface area contributed by atoms with Gasteiger partial charge in [-0.1, -0.05) is 29.8 Å². The Hall–Kier alpha value is -5.21. The van der Waals surface area contributed by atoms with Gasteiger partial charge in [0.1, 0.15) is 24.3 Å². The van der Waals surface area contributed by atoms with Crippen molar-refractivity contribution in [2.45, 2.75) is 26.6 Å². The molecule has 0 aliphatic rings. The second-order valence-corrected chi connectivity index (χ2v) is 10.3. The summed E-state index contributed by atoms with van der Waals surface area (Å²) in [5, 5.41) is 19.6. The maximum Gasteiger partial charge on any atom is 0.417 e. The molecule has 12 heteroatoms. The molecular formula is C32H22ClF3N4O4. The van der Waals surface area contributed by atoms with Crippen LogP contribution in [-0.4, -0.2) is 32.2 Å². The van der Waals surface area contributed by atoms with Crippen molar-refractivity contribution in [3.8, 4) is 34.2 Å². The van der Waals surface area contributed by atoms with Crippen molar-refractivity contribution in [2.24, 2.45) is 0 Å². The number of carbonyl (C=O) groups is 1. The van der Waals surface area contributed by atoms with Crippen LogP contribution in [-0.2, 0) is 12.7 Å². The predicted molar refractivity (Wildman–Crippen MR) is 158 cm³/mol. The Labute approximate surface area is 253 Å². The van der Waals surface area contributed by atoms with Crippen molar-refractivity contribution in [3.05, 3.63) is 110 Å². The SMILES string of the molecule is Cc1cccc(-c2c(C(F)(F)F)cc3nc(C)n(CCOc4ccc(Cl)cc4-c4cccc(C(=O)O)c4)c(=O)c3c2C#N)n1. The van der Waals surface area contributed by atoms with Crippen LogP contribution in [0.1, 0.15) is 33.0 Å². The summed E-state index contributed by atoms with van der Waals surface area (Å²) in [5.41, 5.74) is -1.57. The fourth-order valence-corrected chi connectivity index (χ4v) is 5.13. The van der Waals surface area contributed by atoms with Crippen LogP contribution < -0.4 is 10.3 Å². The number of aromatic carboxylic acids is 1. The number of carboxylic acids is 1. The molecular weight excluding hydrogens is 597 g/mol. The molecule has 0 fully saturated rings. The molecule has 44 heavy (non-hydrogen) atoms. The minimum Gasteiger partial charge on any atom is -0.491 e. The van der Waals surface area contributed by atoms with Crippen LogP contribution in [0.4, 0.5) is 13.2 Å². The molecule has 0 radical (unpaired) electrons. The molecule has 0 atom stereocenters. The number of hydrogen-bond donors (Lipinski definition) is 1. The lowest BCUT2D eigenvalue weighted by Crippen LogP contribution is -2.27. The lowest BCUT2D eigenvalue weighted by molar-refractivity contribution is -0.137. The standard InChI is InChI=1S/C32H22ClF3N4O4/c1-17-5-3-8-25(38-17)28-23(16-37)29-26(15-24(28)32(34,35)36)39-18(2)40(30(29)41)11-12-44-27-10-9-21(33)14-22(27)19-6-4-7-20(13-19)31(42)43/h3-10,13-15H,11-12H2,1-2H3,(H,42,43). The Morgan fingerprint density at radius 1 is 1.07 bits per heavy atom. The Balaban J connectivity index is 1.56. The summed E-state index contributed by atoms with van der Waals surface area (Å²) in [6.45, 7) is 2.95. The Bertz CT molecular complexity index is 2050. The maximum atomic E-state index is 14.2. The first-order valence-corrected chi connectivity index (χ1v) is 13.5. The quantitative estimate of drug-likeness (QED) is 0.207. The molecule has 0 saturated carbocycles. The third-order valence-electron chi connectivity index (χ3n) is 6.93. The number of carboxylic acid groups (broad SMARTS) is 1. The molecule has 8 nitrogen and oxygen atoms in total. The van der Waals surface area contributed by atoms with Crippen molar-refractivity contribution in [2.75, 3.05) is 6.61 Å². The number of aromatic nitrogens is 3. The minimum absolute atomic E-state index is 0.0608. The first kappa shape index (κ1) is 30.3. The van der Waals surface area contributed by atoms with Gasteiger partial charge in [-0.05, 0) is 67.9 Å². The zero-order valence-corrected chi connectivity index (χ0v) is 24.0. The molecule has 0 saturated heterocycles. The summed E-state index contributed by atoms with van der Waals surface area (Å²) < 4.78 is 49.9. The van der Waals surface area contributed by atoms with Gasteiger partial charge in [0, 0.05) is 21.8 Å². The third-order valence-corrected chi connectivity index (χ3v) is 7.17. The number of ether oxygens (including phenoxy) is 1. The van der Waals surface area contributed by atoms with E-state index in [1.54, 1.807) is 49.4 Å². The van der Waals surface area contributed by atoms with E-state index >= 15 is 0 Å². The maximum absolute atomic E-state index is 14.2. The molecule has 0 unspecified atom stereocenters. The second-order valence-electron chi connectivity index (χ2n) is 9.83. The fourth-order valence-electron chi connectivity index (χ4n) is 4.96. The van der Waals surface area contributed by atoms with Gasteiger partial charge in [-0.15, -0.1) is 0 Å². The molecule has 222 valence electrons. The van der Waals surface area contributed by atoms with Gasteiger partial charge in [-0.3, -0.25) is 14.3 Å². The Morgan fingerprint density at radius 2 is 1.82 bits per heavy atom. The monoisotopic (exact) mass is 618 g/mol. The van der Waals surface area contributed by atoms with E-state index in [1.807, 2.05) is 0 Å². The average molecular weight is 619 g/mol. The van der Waals surface area contributed by atoms with E-state index in [4.69, 9.17) is 16.3 Å². The van der Waals surface area contributed by atoms with Crippen molar-refractivity contribution in [1.82, 2.24) is 14.5 Å². The molecule has 0 aliphatic heterocycles. The Kier molecular flexibility index (Phi) is 8.13. The number of rotatable bonds is 7. The zero-order valence-electron chi connectivity index (χ0n) is 23.2. The van der Waals surface area contributed by atoms with Gasteiger partial charge in [0.25, 0.3) is 5.56 Å². The van der Waals surface area contributed by atoms with E-state index in [0.717, 1.165) is 6.07 Å². The van der Waals surface area contributed by atoms with E-state index in [1.165, 1.54) is 35.8 Å². The number of hydrogen-bond acceptors (Lipinski definition) is 6. The second kappa shape index (κ2) is 11.8. The van der Waals surface area contributed by atoms with Crippen LogP contribution in [0.25, 0.3) is 33.3 Å². The highest BCUT2D eigenvalue weighted by molar-refractivity contribution is 6.31. The lowest BCUT2D eigenvalue weighted by Gasteiger charge is -2.18. The van der Waals surface area contributed by atoms with E-state index in [0.29, 0.717) is 27.6 Å². The molecule has 2 aromatic heterocycles. The van der Waals surface area contributed by atoms with Crippen LogP contribution in [0.5, 0.6) is 5.75 Å². The number of alkyl halides is 3. The minimum atomic E-state index is -4.85. The average Bonchev–Trinajstić information content (AvgIpc) is 2.98. The highest BCUT2D eigenvalue weighted by Crippen LogP contribution is 2.41. The molecule has 5 rings (SSSR count). The topological polar surface area (TPSA) is 118 Å². The van der Waals surface area contributed by atoms with Crippen LogP contribution in [0.2, 0.25) is 5.02 Å². The molecule has 5 aromatic rings.